The van der Waals surface area contributed by atoms with Gasteiger partial charge in [-0.2, -0.15) is 0 Å². The van der Waals surface area contributed by atoms with Crippen molar-refractivity contribution in [3.63, 3.8) is 0 Å². The number of nitrogens with two attached hydrogens (primary N) is 2. The highest BCUT2D eigenvalue weighted by atomic mass is 79.9. The Morgan fingerprint density at radius 2 is 2.00 bits per heavy atom. The van der Waals surface area contributed by atoms with Crippen molar-refractivity contribution in [2.75, 3.05) is 13.1 Å². The van der Waals surface area contributed by atoms with Gasteiger partial charge in [-0.15, -0.1) is 0 Å². The summed E-state index contributed by atoms with van der Waals surface area (Å²) in [5, 5.41) is 0. The Labute approximate surface area is 128 Å². The van der Waals surface area contributed by atoms with E-state index in [4.69, 9.17) is 11.5 Å². The fourth-order valence-electron chi connectivity index (χ4n) is 3.10. The van der Waals surface area contributed by atoms with Crippen LogP contribution in [0.2, 0.25) is 0 Å². The highest BCUT2D eigenvalue weighted by Crippen LogP contribution is 2.33. The van der Waals surface area contributed by atoms with Crippen LogP contribution < -0.4 is 11.5 Å². The Bertz CT molecular complexity index is 460. The van der Waals surface area contributed by atoms with Crippen LogP contribution in [0, 0.1) is 0 Å². The number of halogens is 1. The molecule has 0 radical (unpaired) electrons. The number of hydrogen-bond acceptors (Lipinski definition) is 3. The molecule has 1 aliphatic rings. The van der Waals surface area contributed by atoms with E-state index in [1.54, 1.807) is 0 Å². The summed E-state index contributed by atoms with van der Waals surface area (Å²) >= 11 is 3.58. The second-order valence-corrected chi connectivity index (χ2v) is 6.20. The molecule has 4 nitrogen and oxygen atoms in total. The van der Waals surface area contributed by atoms with E-state index in [0.29, 0.717) is 12.6 Å². The molecule has 0 aromatic heterocycles. The van der Waals surface area contributed by atoms with Gasteiger partial charge in [0.25, 0.3) is 0 Å². The first-order valence-corrected chi connectivity index (χ1v) is 7.91. The van der Waals surface area contributed by atoms with Gasteiger partial charge in [-0.3, -0.25) is 9.69 Å². The Morgan fingerprint density at radius 1 is 1.35 bits per heavy atom. The van der Waals surface area contributed by atoms with Crippen LogP contribution in [0.25, 0.3) is 0 Å². The summed E-state index contributed by atoms with van der Waals surface area (Å²) in [6, 6.07) is 8.48. The van der Waals surface area contributed by atoms with Crippen molar-refractivity contribution in [2.45, 2.75) is 37.8 Å². The fourth-order valence-corrected chi connectivity index (χ4v) is 3.64. The number of carbonyl (C=O) groups is 1. The standard InChI is InChI=1S/C15H22BrN3O/c16-13-8-4-3-7-12(13)14(9-17)19(10-15(18)20)11-5-1-2-6-11/h3-4,7-8,11,14H,1-2,5-6,9-10,17H2,(H2,18,20). The van der Waals surface area contributed by atoms with Crippen molar-refractivity contribution in [1.82, 2.24) is 4.90 Å². The van der Waals surface area contributed by atoms with E-state index in [1.165, 1.54) is 12.8 Å². The molecule has 1 amide bonds. The van der Waals surface area contributed by atoms with E-state index >= 15 is 0 Å². The lowest BCUT2D eigenvalue weighted by atomic mass is 10.0. The molecule has 20 heavy (non-hydrogen) atoms. The second-order valence-electron chi connectivity index (χ2n) is 5.35. The van der Waals surface area contributed by atoms with Gasteiger partial charge in [-0.25, -0.2) is 0 Å². The molecule has 1 atom stereocenters. The number of benzene rings is 1. The molecule has 5 heteroatoms. The predicted molar refractivity (Wildman–Crippen MR) is 84.1 cm³/mol. The molecule has 0 spiro atoms. The number of carbonyl (C=O) groups excluding carboxylic acids is 1. The Hall–Kier alpha value is -0.910. The third kappa shape index (κ3) is 3.59. The van der Waals surface area contributed by atoms with E-state index in [-0.39, 0.29) is 18.5 Å². The van der Waals surface area contributed by atoms with Crippen molar-refractivity contribution in [1.29, 1.82) is 0 Å². The van der Waals surface area contributed by atoms with Crippen molar-refractivity contribution in [2.24, 2.45) is 11.5 Å². The molecule has 0 heterocycles. The number of primary amides is 1. The summed E-state index contributed by atoms with van der Waals surface area (Å²) in [7, 11) is 0. The van der Waals surface area contributed by atoms with Gasteiger partial charge in [0.05, 0.1) is 6.54 Å². The molecular weight excluding hydrogens is 318 g/mol. The van der Waals surface area contributed by atoms with Gasteiger partial charge in [0, 0.05) is 23.1 Å². The number of hydrogen-bond donors (Lipinski definition) is 2. The van der Waals surface area contributed by atoms with Crippen LogP contribution >= 0.6 is 15.9 Å². The van der Waals surface area contributed by atoms with E-state index in [2.05, 4.69) is 26.9 Å². The predicted octanol–water partition coefficient (Wildman–Crippen LogP) is 2.18. The van der Waals surface area contributed by atoms with Gasteiger partial charge < -0.3 is 11.5 Å². The van der Waals surface area contributed by atoms with Crippen LogP contribution in [0.5, 0.6) is 0 Å². The zero-order valence-electron chi connectivity index (χ0n) is 11.6. The maximum absolute atomic E-state index is 11.4. The topological polar surface area (TPSA) is 72.3 Å². The molecule has 1 aliphatic carbocycles. The maximum atomic E-state index is 11.4. The molecular formula is C15H22BrN3O. The summed E-state index contributed by atoms with van der Waals surface area (Å²) in [5.74, 6) is -0.289. The molecule has 1 aromatic rings. The van der Waals surface area contributed by atoms with E-state index < -0.39 is 0 Å². The van der Waals surface area contributed by atoms with Crippen LogP contribution in [-0.4, -0.2) is 29.9 Å². The quantitative estimate of drug-likeness (QED) is 0.834. The molecule has 0 saturated heterocycles. The molecule has 0 aliphatic heterocycles. The van der Waals surface area contributed by atoms with Crippen molar-refractivity contribution in [3.8, 4) is 0 Å². The molecule has 1 aromatic carbocycles. The van der Waals surface area contributed by atoms with Crippen molar-refractivity contribution in [3.05, 3.63) is 34.3 Å². The smallest absolute Gasteiger partial charge is 0.231 e. The minimum Gasteiger partial charge on any atom is -0.369 e. The Kier molecular flexibility index (Phi) is 5.57. The molecule has 0 bridgehead atoms. The third-order valence-corrected chi connectivity index (χ3v) is 4.74. The van der Waals surface area contributed by atoms with Crippen molar-refractivity contribution >= 4 is 21.8 Å². The largest absolute Gasteiger partial charge is 0.369 e. The molecule has 2 rings (SSSR count). The van der Waals surface area contributed by atoms with Crippen LogP contribution in [-0.2, 0) is 4.79 Å². The molecule has 1 fully saturated rings. The first-order valence-electron chi connectivity index (χ1n) is 7.12. The minimum absolute atomic E-state index is 0.0289. The highest BCUT2D eigenvalue weighted by molar-refractivity contribution is 9.10. The lowest BCUT2D eigenvalue weighted by molar-refractivity contribution is -0.120. The first kappa shape index (κ1) is 15.5. The van der Waals surface area contributed by atoms with Gasteiger partial charge >= 0.3 is 0 Å². The zero-order valence-corrected chi connectivity index (χ0v) is 13.2. The zero-order chi connectivity index (χ0) is 14.5. The van der Waals surface area contributed by atoms with Crippen LogP contribution in [0.15, 0.2) is 28.7 Å². The van der Waals surface area contributed by atoms with Crippen molar-refractivity contribution < 1.29 is 4.79 Å². The van der Waals surface area contributed by atoms with Gasteiger partial charge in [0.15, 0.2) is 0 Å². The van der Waals surface area contributed by atoms with Crippen LogP contribution in [0.4, 0.5) is 0 Å². The molecule has 1 unspecified atom stereocenters. The van der Waals surface area contributed by atoms with E-state index in [0.717, 1.165) is 22.9 Å². The summed E-state index contributed by atoms with van der Waals surface area (Å²) in [6.07, 6.45) is 4.67. The monoisotopic (exact) mass is 339 g/mol. The highest BCUT2D eigenvalue weighted by Gasteiger charge is 2.30. The Morgan fingerprint density at radius 3 is 2.55 bits per heavy atom. The maximum Gasteiger partial charge on any atom is 0.231 e. The van der Waals surface area contributed by atoms with Gasteiger partial charge in [-0.05, 0) is 24.5 Å². The van der Waals surface area contributed by atoms with Gasteiger partial charge in [0.1, 0.15) is 0 Å². The summed E-state index contributed by atoms with van der Waals surface area (Å²) in [5.41, 5.74) is 12.6. The molecule has 110 valence electrons. The van der Waals surface area contributed by atoms with E-state index in [9.17, 15) is 4.79 Å². The van der Waals surface area contributed by atoms with Crippen LogP contribution in [0.3, 0.4) is 0 Å². The Balaban J connectivity index is 2.28. The minimum atomic E-state index is -0.289. The van der Waals surface area contributed by atoms with Gasteiger partial charge in [0.2, 0.25) is 5.91 Å². The fraction of sp³-hybridized carbons (Fsp3) is 0.533. The average Bonchev–Trinajstić information content (AvgIpc) is 2.94. The summed E-state index contributed by atoms with van der Waals surface area (Å²) < 4.78 is 1.03. The first-order chi connectivity index (χ1) is 9.63. The lowest BCUT2D eigenvalue weighted by Gasteiger charge is -2.35. The van der Waals surface area contributed by atoms with Crippen LogP contribution in [0.1, 0.15) is 37.3 Å². The average molecular weight is 340 g/mol. The second kappa shape index (κ2) is 7.20. The third-order valence-electron chi connectivity index (χ3n) is 4.02. The summed E-state index contributed by atoms with van der Waals surface area (Å²) in [6.45, 7) is 0.750. The molecule has 4 N–H and O–H groups in total. The normalized spacial score (nSPS) is 17.6. The number of nitrogens with zero attached hydrogens (tertiary/aromatic N) is 1. The molecule has 1 saturated carbocycles. The van der Waals surface area contributed by atoms with Gasteiger partial charge in [-0.1, -0.05) is 47.0 Å². The summed E-state index contributed by atoms with van der Waals surface area (Å²) in [4.78, 5) is 13.6. The van der Waals surface area contributed by atoms with E-state index in [1.807, 2.05) is 18.2 Å². The number of rotatable bonds is 6. The SMILES string of the molecule is NCC(c1ccccc1Br)N(CC(N)=O)C1CCCC1. The lowest BCUT2D eigenvalue weighted by Crippen LogP contribution is -2.45. The number of amides is 1.